The van der Waals surface area contributed by atoms with Gasteiger partial charge in [-0.1, -0.05) is 24.6 Å². The van der Waals surface area contributed by atoms with E-state index < -0.39 is 11.7 Å². The first-order valence-electron chi connectivity index (χ1n) is 5.97. The van der Waals surface area contributed by atoms with Gasteiger partial charge in [-0.3, -0.25) is 0 Å². The van der Waals surface area contributed by atoms with E-state index in [1.165, 1.54) is 6.07 Å². The van der Waals surface area contributed by atoms with E-state index in [9.17, 15) is 13.2 Å². The highest BCUT2D eigenvalue weighted by molar-refractivity contribution is 6.31. The van der Waals surface area contributed by atoms with Gasteiger partial charge in [0.1, 0.15) is 0 Å². The van der Waals surface area contributed by atoms with Gasteiger partial charge in [0.2, 0.25) is 0 Å². The number of hydrogen-bond acceptors (Lipinski definition) is 1. The lowest BCUT2D eigenvalue weighted by atomic mass is 9.82. The zero-order valence-corrected chi connectivity index (χ0v) is 10.8. The van der Waals surface area contributed by atoms with E-state index in [2.05, 4.69) is 12.2 Å². The van der Waals surface area contributed by atoms with E-state index >= 15 is 0 Å². The molecule has 1 aliphatic rings. The fourth-order valence-electron chi connectivity index (χ4n) is 2.50. The van der Waals surface area contributed by atoms with Crippen molar-refractivity contribution >= 4 is 11.6 Å². The van der Waals surface area contributed by atoms with E-state index in [1.54, 1.807) is 6.07 Å². The lowest BCUT2D eigenvalue weighted by Gasteiger charge is -2.30. The summed E-state index contributed by atoms with van der Waals surface area (Å²) in [6.07, 6.45) is -3.45. The average molecular weight is 278 g/mol. The molecule has 2 rings (SSSR count). The van der Waals surface area contributed by atoms with E-state index in [4.69, 9.17) is 11.6 Å². The third-order valence-corrected chi connectivity index (χ3v) is 3.82. The summed E-state index contributed by atoms with van der Waals surface area (Å²) in [6.45, 7) is 3.89. The van der Waals surface area contributed by atoms with Crippen LogP contribution < -0.4 is 5.32 Å². The van der Waals surface area contributed by atoms with Crippen molar-refractivity contribution in [2.24, 2.45) is 5.92 Å². The summed E-state index contributed by atoms with van der Waals surface area (Å²) in [7, 11) is 0. The molecule has 1 saturated heterocycles. The summed E-state index contributed by atoms with van der Waals surface area (Å²) < 4.78 is 37.8. The Labute approximate surface area is 109 Å². The van der Waals surface area contributed by atoms with Crippen LogP contribution in [0.2, 0.25) is 5.02 Å². The molecular weight excluding hydrogens is 263 g/mol. The Bertz CT molecular complexity index is 431. The van der Waals surface area contributed by atoms with Gasteiger partial charge in [-0.15, -0.1) is 0 Å². The second-order valence-corrected chi connectivity index (χ2v) is 5.22. The zero-order chi connectivity index (χ0) is 13.3. The maximum atomic E-state index is 12.6. The standard InChI is InChI=1S/C13H15ClF3N/c1-8-7-18-5-4-10(8)9-2-3-11(12(14)6-9)13(15,16)17/h2-3,6,8,10,18H,4-5,7H2,1H3/t8-,10+/m1/s1. The first kappa shape index (κ1) is 13.7. The Morgan fingerprint density at radius 2 is 2.06 bits per heavy atom. The van der Waals surface area contributed by atoms with Crippen LogP contribution in [0.25, 0.3) is 0 Å². The molecule has 0 bridgehead atoms. The summed E-state index contributed by atoms with van der Waals surface area (Å²) in [5, 5.41) is 3.07. The average Bonchev–Trinajstić information content (AvgIpc) is 2.27. The van der Waals surface area contributed by atoms with Crippen LogP contribution in [0.3, 0.4) is 0 Å². The molecule has 1 aliphatic heterocycles. The topological polar surface area (TPSA) is 12.0 Å². The molecular formula is C13H15ClF3N. The Balaban J connectivity index is 2.28. The third-order valence-electron chi connectivity index (χ3n) is 3.51. The molecule has 0 radical (unpaired) electrons. The molecule has 18 heavy (non-hydrogen) atoms. The minimum atomic E-state index is -4.38. The normalized spacial score (nSPS) is 25.2. The van der Waals surface area contributed by atoms with E-state index in [0.717, 1.165) is 31.1 Å². The van der Waals surface area contributed by atoms with Gasteiger partial charge in [-0.05, 0) is 49.0 Å². The Hall–Kier alpha value is -0.740. The van der Waals surface area contributed by atoms with Crippen molar-refractivity contribution < 1.29 is 13.2 Å². The first-order chi connectivity index (χ1) is 8.39. The Morgan fingerprint density at radius 1 is 1.33 bits per heavy atom. The van der Waals surface area contributed by atoms with Crippen molar-refractivity contribution in [2.75, 3.05) is 13.1 Å². The highest BCUT2D eigenvalue weighted by Gasteiger charge is 2.33. The monoisotopic (exact) mass is 277 g/mol. The predicted molar refractivity (Wildman–Crippen MR) is 65.8 cm³/mol. The summed E-state index contributed by atoms with van der Waals surface area (Å²) in [4.78, 5) is 0. The SMILES string of the molecule is C[C@@H]1CNCC[C@@H]1c1ccc(C(F)(F)F)c(Cl)c1. The smallest absolute Gasteiger partial charge is 0.316 e. The number of benzene rings is 1. The Kier molecular flexibility index (Phi) is 3.87. The van der Waals surface area contributed by atoms with E-state index in [1.807, 2.05) is 0 Å². The number of rotatable bonds is 1. The molecule has 1 heterocycles. The molecule has 0 spiro atoms. The van der Waals surface area contributed by atoms with Crippen molar-refractivity contribution in [1.29, 1.82) is 0 Å². The molecule has 1 nitrogen and oxygen atoms in total. The van der Waals surface area contributed by atoms with Crippen LogP contribution in [0.1, 0.15) is 30.4 Å². The molecule has 0 saturated carbocycles. The molecule has 1 aromatic rings. The van der Waals surface area contributed by atoms with Crippen LogP contribution >= 0.6 is 11.6 Å². The van der Waals surface area contributed by atoms with Crippen molar-refractivity contribution in [1.82, 2.24) is 5.32 Å². The Morgan fingerprint density at radius 3 is 2.61 bits per heavy atom. The molecule has 1 aromatic carbocycles. The summed E-state index contributed by atoms with van der Waals surface area (Å²) in [6, 6.07) is 4.12. The van der Waals surface area contributed by atoms with Crippen LogP contribution in [0.5, 0.6) is 0 Å². The molecule has 0 amide bonds. The van der Waals surface area contributed by atoms with Gasteiger partial charge in [0.25, 0.3) is 0 Å². The molecule has 0 aliphatic carbocycles. The van der Waals surface area contributed by atoms with Crippen LogP contribution in [-0.2, 0) is 6.18 Å². The number of halogens is 4. The van der Waals surface area contributed by atoms with Crippen LogP contribution in [0.15, 0.2) is 18.2 Å². The van der Waals surface area contributed by atoms with Gasteiger partial charge in [-0.25, -0.2) is 0 Å². The number of nitrogens with one attached hydrogen (secondary N) is 1. The molecule has 0 aromatic heterocycles. The molecule has 1 N–H and O–H groups in total. The van der Waals surface area contributed by atoms with Gasteiger partial charge in [0, 0.05) is 0 Å². The fraction of sp³-hybridized carbons (Fsp3) is 0.538. The number of piperidine rings is 1. The number of alkyl halides is 3. The minimum Gasteiger partial charge on any atom is -0.316 e. The van der Waals surface area contributed by atoms with Crippen LogP contribution in [0.4, 0.5) is 13.2 Å². The molecule has 5 heteroatoms. The number of hydrogen-bond donors (Lipinski definition) is 1. The van der Waals surface area contributed by atoms with E-state index in [0.29, 0.717) is 5.92 Å². The third kappa shape index (κ3) is 2.81. The lowest BCUT2D eigenvalue weighted by Crippen LogP contribution is -2.33. The first-order valence-corrected chi connectivity index (χ1v) is 6.34. The van der Waals surface area contributed by atoms with Gasteiger partial charge >= 0.3 is 6.18 Å². The van der Waals surface area contributed by atoms with Crippen molar-refractivity contribution in [3.8, 4) is 0 Å². The van der Waals surface area contributed by atoms with Crippen molar-refractivity contribution in [3.63, 3.8) is 0 Å². The highest BCUT2D eigenvalue weighted by Crippen LogP contribution is 2.38. The highest BCUT2D eigenvalue weighted by atomic mass is 35.5. The van der Waals surface area contributed by atoms with Crippen molar-refractivity contribution in [3.05, 3.63) is 34.3 Å². The summed E-state index contributed by atoms with van der Waals surface area (Å²) in [5.41, 5.74) is 0.150. The molecule has 1 fully saturated rings. The molecule has 0 unspecified atom stereocenters. The second kappa shape index (κ2) is 5.10. The zero-order valence-electron chi connectivity index (χ0n) is 10.0. The summed E-state index contributed by atoms with van der Waals surface area (Å²) in [5.74, 6) is 0.692. The van der Waals surface area contributed by atoms with Gasteiger partial charge in [0.05, 0.1) is 10.6 Å². The van der Waals surface area contributed by atoms with Gasteiger partial charge in [0.15, 0.2) is 0 Å². The fourth-order valence-corrected chi connectivity index (χ4v) is 2.80. The van der Waals surface area contributed by atoms with Crippen LogP contribution in [-0.4, -0.2) is 13.1 Å². The second-order valence-electron chi connectivity index (χ2n) is 4.81. The maximum Gasteiger partial charge on any atom is 0.417 e. The maximum absolute atomic E-state index is 12.6. The van der Waals surface area contributed by atoms with E-state index in [-0.39, 0.29) is 10.9 Å². The van der Waals surface area contributed by atoms with Gasteiger partial charge in [-0.2, -0.15) is 13.2 Å². The quantitative estimate of drug-likeness (QED) is 0.816. The largest absolute Gasteiger partial charge is 0.417 e. The van der Waals surface area contributed by atoms with Crippen molar-refractivity contribution in [2.45, 2.75) is 25.4 Å². The van der Waals surface area contributed by atoms with Gasteiger partial charge < -0.3 is 5.32 Å². The molecule has 100 valence electrons. The lowest BCUT2D eigenvalue weighted by molar-refractivity contribution is -0.137. The molecule has 2 atom stereocenters. The minimum absolute atomic E-state index is 0.203. The van der Waals surface area contributed by atoms with Crippen LogP contribution in [0, 0.1) is 5.92 Å². The summed E-state index contributed by atoms with van der Waals surface area (Å²) >= 11 is 5.75. The predicted octanol–water partition coefficient (Wildman–Crippen LogP) is 4.07.